The third-order valence-corrected chi connectivity index (χ3v) is 6.49. The van der Waals surface area contributed by atoms with Crippen molar-refractivity contribution in [1.29, 1.82) is 0 Å². The number of amides is 1. The van der Waals surface area contributed by atoms with Crippen LogP contribution >= 0.6 is 0 Å². The fourth-order valence-corrected chi connectivity index (χ4v) is 4.93. The van der Waals surface area contributed by atoms with E-state index in [0.29, 0.717) is 6.10 Å². The summed E-state index contributed by atoms with van der Waals surface area (Å²) >= 11 is 0. The average Bonchev–Trinajstić information content (AvgIpc) is 3.04. The molecule has 3 aliphatic rings. The predicted molar refractivity (Wildman–Crippen MR) is 103 cm³/mol. The van der Waals surface area contributed by atoms with E-state index >= 15 is 0 Å². The van der Waals surface area contributed by atoms with E-state index in [1.165, 1.54) is 44.9 Å². The van der Waals surface area contributed by atoms with Crippen molar-refractivity contribution in [3.8, 4) is 0 Å². The van der Waals surface area contributed by atoms with Gasteiger partial charge in [0, 0.05) is 32.2 Å². The Morgan fingerprint density at radius 1 is 1.15 bits per heavy atom. The number of hydrogen-bond donors (Lipinski definition) is 1. The molecule has 2 heterocycles. The first-order chi connectivity index (χ1) is 12.7. The lowest BCUT2D eigenvalue weighted by Gasteiger charge is -2.36. The van der Waals surface area contributed by atoms with E-state index < -0.39 is 0 Å². The molecule has 0 aromatic carbocycles. The Morgan fingerprint density at radius 3 is 2.65 bits per heavy atom. The molecule has 3 rings (SSSR count). The molecule has 2 aliphatic heterocycles. The van der Waals surface area contributed by atoms with Crippen molar-refractivity contribution in [1.82, 2.24) is 10.2 Å². The molecule has 1 atom stereocenters. The van der Waals surface area contributed by atoms with Crippen LogP contribution < -0.4 is 5.32 Å². The SMILES string of the molecule is CCOCCCNC(=O)C1CCN(C[C@@H]2CCC3(CCCCC3)O2)CC1. The van der Waals surface area contributed by atoms with Crippen molar-refractivity contribution in [2.45, 2.75) is 82.8 Å². The molecule has 1 spiro atoms. The molecule has 0 unspecified atom stereocenters. The minimum Gasteiger partial charge on any atom is -0.382 e. The minimum absolute atomic E-state index is 0.188. The van der Waals surface area contributed by atoms with Crippen molar-refractivity contribution >= 4 is 5.91 Å². The molecule has 26 heavy (non-hydrogen) atoms. The van der Waals surface area contributed by atoms with Crippen molar-refractivity contribution in [2.24, 2.45) is 5.92 Å². The molecule has 5 nitrogen and oxygen atoms in total. The van der Waals surface area contributed by atoms with Crippen molar-refractivity contribution in [3.63, 3.8) is 0 Å². The number of piperidine rings is 1. The summed E-state index contributed by atoms with van der Waals surface area (Å²) in [6, 6.07) is 0. The summed E-state index contributed by atoms with van der Waals surface area (Å²) in [4.78, 5) is 14.8. The lowest BCUT2D eigenvalue weighted by atomic mass is 9.83. The Balaban J connectivity index is 1.31. The molecular formula is C21H38N2O3. The summed E-state index contributed by atoms with van der Waals surface area (Å²) < 4.78 is 11.8. The second-order valence-corrected chi connectivity index (χ2v) is 8.44. The first-order valence-corrected chi connectivity index (χ1v) is 11.0. The molecule has 2 saturated heterocycles. The fourth-order valence-electron chi connectivity index (χ4n) is 4.93. The first-order valence-electron chi connectivity index (χ1n) is 11.0. The maximum absolute atomic E-state index is 12.3. The summed E-state index contributed by atoms with van der Waals surface area (Å²) in [5.41, 5.74) is 0.225. The van der Waals surface area contributed by atoms with Crippen LogP contribution in [0.3, 0.4) is 0 Å². The van der Waals surface area contributed by atoms with Crippen molar-refractivity contribution in [3.05, 3.63) is 0 Å². The van der Waals surface area contributed by atoms with Gasteiger partial charge >= 0.3 is 0 Å². The Bertz CT molecular complexity index is 429. The number of carbonyl (C=O) groups excluding carboxylic acids is 1. The Morgan fingerprint density at radius 2 is 1.92 bits per heavy atom. The summed E-state index contributed by atoms with van der Waals surface area (Å²) in [6.07, 6.45) is 12.4. The number of nitrogens with one attached hydrogen (secondary N) is 1. The molecule has 150 valence electrons. The lowest BCUT2D eigenvalue weighted by molar-refractivity contribution is -0.126. The van der Waals surface area contributed by atoms with Crippen LogP contribution in [0.1, 0.15) is 71.1 Å². The average molecular weight is 367 g/mol. The van der Waals surface area contributed by atoms with E-state index in [1.54, 1.807) is 0 Å². The van der Waals surface area contributed by atoms with Crippen LogP contribution in [0.25, 0.3) is 0 Å². The molecule has 1 amide bonds. The summed E-state index contributed by atoms with van der Waals surface area (Å²) in [5, 5.41) is 3.08. The highest BCUT2D eigenvalue weighted by Crippen LogP contribution is 2.42. The van der Waals surface area contributed by atoms with Crippen LogP contribution in [-0.4, -0.2) is 61.9 Å². The highest BCUT2D eigenvalue weighted by Gasteiger charge is 2.41. The first kappa shape index (κ1) is 20.1. The quantitative estimate of drug-likeness (QED) is 0.671. The molecule has 0 aromatic heterocycles. The topological polar surface area (TPSA) is 50.8 Å². The smallest absolute Gasteiger partial charge is 0.223 e. The summed E-state index contributed by atoms with van der Waals surface area (Å²) in [6.45, 7) is 7.34. The maximum atomic E-state index is 12.3. The van der Waals surface area contributed by atoms with E-state index in [2.05, 4.69) is 10.2 Å². The second kappa shape index (κ2) is 10.0. The zero-order chi connectivity index (χ0) is 18.2. The highest BCUT2D eigenvalue weighted by molar-refractivity contribution is 5.78. The van der Waals surface area contributed by atoms with Gasteiger partial charge in [-0.1, -0.05) is 19.3 Å². The van der Waals surface area contributed by atoms with Gasteiger partial charge in [0.2, 0.25) is 5.91 Å². The van der Waals surface area contributed by atoms with Gasteiger partial charge in [-0.3, -0.25) is 4.79 Å². The number of hydrogen-bond acceptors (Lipinski definition) is 4. The molecule has 0 radical (unpaired) electrons. The Kier molecular flexibility index (Phi) is 7.77. The van der Waals surface area contributed by atoms with E-state index in [0.717, 1.165) is 58.7 Å². The molecular weight excluding hydrogens is 328 g/mol. The maximum Gasteiger partial charge on any atom is 0.223 e. The third-order valence-electron chi connectivity index (χ3n) is 6.49. The highest BCUT2D eigenvalue weighted by atomic mass is 16.5. The van der Waals surface area contributed by atoms with Gasteiger partial charge in [-0.25, -0.2) is 0 Å². The van der Waals surface area contributed by atoms with E-state index in [-0.39, 0.29) is 17.4 Å². The largest absolute Gasteiger partial charge is 0.382 e. The van der Waals surface area contributed by atoms with E-state index in [9.17, 15) is 4.79 Å². The Labute approximate surface area is 159 Å². The predicted octanol–water partition coefficient (Wildman–Crippen LogP) is 3.12. The third kappa shape index (κ3) is 5.67. The van der Waals surface area contributed by atoms with Gasteiger partial charge in [0.1, 0.15) is 0 Å². The lowest BCUT2D eigenvalue weighted by Crippen LogP contribution is -2.43. The second-order valence-electron chi connectivity index (χ2n) is 8.44. The molecule has 0 aromatic rings. The van der Waals surface area contributed by atoms with Crippen LogP contribution in [0.15, 0.2) is 0 Å². The van der Waals surface area contributed by atoms with Crippen LogP contribution in [0.2, 0.25) is 0 Å². The molecule has 5 heteroatoms. The van der Waals surface area contributed by atoms with Crippen LogP contribution in [0.4, 0.5) is 0 Å². The van der Waals surface area contributed by atoms with Gasteiger partial charge < -0.3 is 19.7 Å². The molecule has 1 saturated carbocycles. The Hall–Kier alpha value is -0.650. The molecule has 1 N–H and O–H groups in total. The van der Waals surface area contributed by atoms with Gasteiger partial charge in [0.25, 0.3) is 0 Å². The normalized spacial score (nSPS) is 27.0. The number of likely N-dealkylation sites (tertiary alicyclic amines) is 1. The van der Waals surface area contributed by atoms with Gasteiger partial charge in [0.05, 0.1) is 11.7 Å². The number of carbonyl (C=O) groups is 1. The van der Waals surface area contributed by atoms with Gasteiger partial charge in [0.15, 0.2) is 0 Å². The van der Waals surface area contributed by atoms with Crippen molar-refractivity contribution in [2.75, 3.05) is 39.4 Å². The number of ether oxygens (including phenoxy) is 2. The zero-order valence-corrected chi connectivity index (χ0v) is 16.6. The standard InChI is InChI=1S/C21H38N2O3/c1-2-25-16-6-13-22-20(24)18-8-14-23(15-9-18)17-19-7-12-21(26-19)10-4-3-5-11-21/h18-19H,2-17H2,1H3,(H,22,24)/t19-/m0/s1. The van der Waals surface area contributed by atoms with E-state index in [1.807, 2.05) is 6.92 Å². The fraction of sp³-hybridized carbons (Fsp3) is 0.952. The van der Waals surface area contributed by atoms with E-state index in [4.69, 9.17) is 9.47 Å². The van der Waals surface area contributed by atoms with Crippen LogP contribution in [-0.2, 0) is 14.3 Å². The number of nitrogens with zero attached hydrogens (tertiary/aromatic N) is 1. The van der Waals surface area contributed by atoms with Gasteiger partial charge in [-0.15, -0.1) is 0 Å². The van der Waals surface area contributed by atoms with Gasteiger partial charge in [-0.2, -0.15) is 0 Å². The minimum atomic E-state index is 0.188. The summed E-state index contributed by atoms with van der Waals surface area (Å²) in [7, 11) is 0. The van der Waals surface area contributed by atoms with Crippen LogP contribution in [0, 0.1) is 5.92 Å². The summed E-state index contributed by atoms with van der Waals surface area (Å²) in [5.74, 6) is 0.423. The number of rotatable bonds is 8. The molecule has 3 fully saturated rings. The van der Waals surface area contributed by atoms with Gasteiger partial charge in [-0.05, 0) is 65.0 Å². The molecule has 1 aliphatic carbocycles. The zero-order valence-electron chi connectivity index (χ0n) is 16.6. The van der Waals surface area contributed by atoms with Crippen LogP contribution in [0.5, 0.6) is 0 Å². The van der Waals surface area contributed by atoms with Crippen molar-refractivity contribution < 1.29 is 14.3 Å². The monoisotopic (exact) mass is 366 g/mol. The molecule has 0 bridgehead atoms.